The van der Waals surface area contributed by atoms with Gasteiger partial charge in [-0.1, -0.05) is 0 Å². The molecule has 0 aliphatic carbocycles. The molecule has 0 bridgehead atoms. The van der Waals surface area contributed by atoms with E-state index >= 15 is 0 Å². The lowest BCUT2D eigenvalue weighted by Crippen LogP contribution is -2.11. The lowest BCUT2D eigenvalue weighted by Gasteiger charge is -1.93. The molecule has 1 rings (SSSR count). The molecule has 0 saturated carbocycles. The zero-order chi connectivity index (χ0) is 7.61. The van der Waals surface area contributed by atoms with E-state index in [4.69, 9.17) is 5.14 Å². The Morgan fingerprint density at radius 2 is 1.80 bits per heavy atom. The molecule has 0 aliphatic rings. The van der Waals surface area contributed by atoms with E-state index in [0.29, 0.717) is 0 Å². The van der Waals surface area contributed by atoms with Crippen LogP contribution in [0.2, 0.25) is 0 Å². The van der Waals surface area contributed by atoms with Gasteiger partial charge >= 0.3 is 0 Å². The number of primary sulfonamides is 1. The van der Waals surface area contributed by atoms with Crippen LogP contribution in [0.15, 0.2) is 29.4 Å². The summed E-state index contributed by atoms with van der Waals surface area (Å²) in [4.78, 5) is 3.72. The molecule has 1 aromatic heterocycles. The van der Waals surface area contributed by atoms with Crippen LogP contribution in [0.5, 0.6) is 0 Å². The third kappa shape index (κ3) is 1.52. The lowest BCUT2D eigenvalue weighted by atomic mass is 10.5. The summed E-state index contributed by atoms with van der Waals surface area (Å²) in [6.07, 6.45) is 2.75. The summed E-state index contributed by atoms with van der Waals surface area (Å²) < 4.78 is 21.2. The molecule has 4 nitrogen and oxygen atoms in total. The van der Waals surface area contributed by atoms with Crippen LogP contribution in [0.4, 0.5) is 0 Å². The Labute approximate surface area is 58.8 Å². The van der Waals surface area contributed by atoms with Crippen LogP contribution in [-0.4, -0.2) is 13.4 Å². The highest BCUT2D eigenvalue weighted by molar-refractivity contribution is 7.89. The summed E-state index contributed by atoms with van der Waals surface area (Å²) in [6.45, 7) is 0. The van der Waals surface area contributed by atoms with Crippen LogP contribution in [0.25, 0.3) is 0 Å². The Kier molecular flexibility index (Phi) is 1.69. The second-order valence-corrected chi connectivity index (χ2v) is 3.29. The molecule has 0 spiro atoms. The summed E-state index contributed by atoms with van der Waals surface area (Å²) in [5.74, 6) is 0. The Bertz CT molecular complexity index is 306. The second-order valence-electron chi connectivity index (χ2n) is 1.73. The van der Waals surface area contributed by atoms with Crippen LogP contribution in [0.1, 0.15) is 0 Å². The maximum absolute atomic E-state index is 10.6. The maximum atomic E-state index is 10.6. The summed E-state index contributed by atoms with van der Waals surface area (Å²) in [6, 6.07) is 2.69. The fourth-order valence-corrected chi connectivity index (χ4v) is 1.03. The predicted molar refractivity (Wildman–Crippen MR) is 35.6 cm³/mol. The van der Waals surface area contributed by atoms with Crippen LogP contribution < -0.4 is 5.14 Å². The first-order chi connectivity index (χ1) is 4.61. The van der Waals surface area contributed by atoms with Gasteiger partial charge < -0.3 is 0 Å². The molecule has 0 amide bonds. The molecule has 0 aromatic carbocycles. The van der Waals surface area contributed by atoms with Gasteiger partial charge in [-0.3, -0.25) is 4.98 Å². The quantitative estimate of drug-likeness (QED) is 0.611. The van der Waals surface area contributed by atoms with Gasteiger partial charge in [0.2, 0.25) is 10.0 Å². The fraction of sp³-hybridized carbons (Fsp3) is 0. The topological polar surface area (TPSA) is 73.1 Å². The van der Waals surface area contributed by atoms with Crippen molar-refractivity contribution in [2.24, 2.45) is 5.14 Å². The van der Waals surface area contributed by atoms with E-state index in [0.717, 1.165) is 0 Å². The van der Waals surface area contributed by atoms with Crippen LogP contribution in [0, 0.1) is 0 Å². The number of pyridine rings is 1. The van der Waals surface area contributed by atoms with Crippen LogP contribution in [0.3, 0.4) is 0 Å². The van der Waals surface area contributed by atoms with Gasteiger partial charge in [0.1, 0.15) is 0 Å². The highest BCUT2D eigenvalue weighted by atomic mass is 32.2. The van der Waals surface area contributed by atoms with Crippen molar-refractivity contribution >= 4 is 10.0 Å². The first-order valence-electron chi connectivity index (χ1n) is 2.53. The van der Waals surface area contributed by atoms with E-state index in [1.807, 2.05) is 0 Å². The van der Waals surface area contributed by atoms with Crippen molar-refractivity contribution in [1.29, 1.82) is 0 Å². The minimum Gasteiger partial charge on any atom is -0.265 e. The number of hydrogen-bond acceptors (Lipinski definition) is 3. The van der Waals surface area contributed by atoms with Gasteiger partial charge in [-0.25, -0.2) is 13.6 Å². The third-order valence-corrected chi connectivity index (χ3v) is 1.91. The summed E-state index contributed by atoms with van der Waals surface area (Å²) in [5, 5.41) is 4.80. The highest BCUT2D eigenvalue weighted by Gasteiger charge is 2.04. The van der Waals surface area contributed by atoms with E-state index in [2.05, 4.69) is 4.98 Å². The van der Waals surface area contributed by atoms with Crippen molar-refractivity contribution in [1.82, 2.24) is 4.98 Å². The molecule has 0 unspecified atom stereocenters. The zero-order valence-electron chi connectivity index (χ0n) is 5.06. The normalized spacial score (nSPS) is 11.3. The van der Waals surface area contributed by atoms with E-state index in [1.165, 1.54) is 24.5 Å². The number of sulfonamides is 1. The van der Waals surface area contributed by atoms with E-state index < -0.39 is 10.0 Å². The molecule has 5 heteroatoms. The van der Waals surface area contributed by atoms with Crippen molar-refractivity contribution in [3.05, 3.63) is 24.5 Å². The Morgan fingerprint density at radius 3 is 2.10 bits per heavy atom. The largest absolute Gasteiger partial charge is 0.265 e. The molecule has 1 aromatic rings. The number of nitrogens with two attached hydrogens (primary N) is 1. The smallest absolute Gasteiger partial charge is 0.238 e. The van der Waals surface area contributed by atoms with Crippen molar-refractivity contribution < 1.29 is 8.42 Å². The fourth-order valence-electron chi connectivity index (χ4n) is 0.528. The average Bonchev–Trinajstić information content (AvgIpc) is 1.88. The summed E-state index contributed by atoms with van der Waals surface area (Å²) >= 11 is 0. The van der Waals surface area contributed by atoms with Crippen molar-refractivity contribution in [2.45, 2.75) is 4.90 Å². The van der Waals surface area contributed by atoms with Crippen LogP contribution in [-0.2, 0) is 10.0 Å². The minimum atomic E-state index is -3.54. The van der Waals surface area contributed by atoms with Gasteiger partial charge in [-0.2, -0.15) is 0 Å². The molecule has 10 heavy (non-hydrogen) atoms. The average molecular weight is 158 g/mol. The summed E-state index contributed by atoms with van der Waals surface area (Å²) in [5.41, 5.74) is 0. The molecular formula is C5H6N2O2S. The van der Waals surface area contributed by atoms with Gasteiger partial charge in [0, 0.05) is 12.4 Å². The molecule has 0 saturated heterocycles. The minimum absolute atomic E-state index is 0.0856. The number of nitrogens with zero attached hydrogens (tertiary/aromatic N) is 1. The molecule has 54 valence electrons. The first kappa shape index (κ1) is 7.17. The molecule has 0 atom stereocenters. The SMILES string of the molecule is NS(=O)(=O)c1ccncc1. The molecule has 1 heterocycles. The molecule has 0 fully saturated rings. The van der Waals surface area contributed by atoms with Gasteiger partial charge in [0.05, 0.1) is 4.90 Å². The molecular weight excluding hydrogens is 152 g/mol. The highest BCUT2D eigenvalue weighted by Crippen LogP contribution is 2.01. The first-order valence-corrected chi connectivity index (χ1v) is 4.08. The monoisotopic (exact) mass is 158 g/mol. The van der Waals surface area contributed by atoms with Crippen LogP contribution >= 0.6 is 0 Å². The van der Waals surface area contributed by atoms with Crippen molar-refractivity contribution in [2.75, 3.05) is 0 Å². The summed E-state index contributed by atoms with van der Waals surface area (Å²) in [7, 11) is -3.54. The van der Waals surface area contributed by atoms with Gasteiger partial charge in [-0.15, -0.1) is 0 Å². The molecule has 0 radical (unpaired) electrons. The Morgan fingerprint density at radius 1 is 1.30 bits per heavy atom. The molecule has 0 aliphatic heterocycles. The van der Waals surface area contributed by atoms with Crippen molar-refractivity contribution in [3.63, 3.8) is 0 Å². The molecule has 2 N–H and O–H groups in total. The lowest BCUT2D eigenvalue weighted by molar-refractivity contribution is 0.597. The predicted octanol–water partition coefficient (Wildman–Crippen LogP) is -0.271. The Balaban J connectivity index is 3.22. The Hall–Kier alpha value is -0.940. The number of rotatable bonds is 1. The third-order valence-electron chi connectivity index (χ3n) is 0.978. The van der Waals surface area contributed by atoms with E-state index in [9.17, 15) is 8.42 Å². The second kappa shape index (κ2) is 2.36. The number of aromatic nitrogens is 1. The zero-order valence-corrected chi connectivity index (χ0v) is 5.88. The van der Waals surface area contributed by atoms with Gasteiger partial charge in [-0.05, 0) is 12.1 Å². The standard InChI is InChI=1S/C5H6N2O2S/c6-10(8,9)5-1-3-7-4-2-5/h1-4H,(H2,6,8,9). The van der Waals surface area contributed by atoms with Gasteiger partial charge in [0.25, 0.3) is 0 Å². The van der Waals surface area contributed by atoms with Gasteiger partial charge in [0.15, 0.2) is 0 Å². The number of hydrogen-bond donors (Lipinski definition) is 1. The van der Waals surface area contributed by atoms with E-state index in [-0.39, 0.29) is 4.90 Å². The van der Waals surface area contributed by atoms with E-state index in [1.54, 1.807) is 0 Å². The van der Waals surface area contributed by atoms with Crippen molar-refractivity contribution in [3.8, 4) is 0 Å². The maximum Gasteiger partial charge on any atom is 0.238 e.